The van der Waals surface area contributed by atoms with E-state index in [0.717, 1.165) is 6.07 Å². The summed E-state index contributed by atoms with van der Waals surface area (Å²) >= 11 is 0. The molecule has 0 amide bonds. The van der Waals surface area contributed by atoms with Crippen molar-refractivity contribution in [1.82, 2.24) is 0 Å². The van der Waals surface area contributed by atoms with Gasteiger partial charge in [0.05, 0.1) is 0 Å². The molecule has 0 bridgehead atoms. The van der Waals surface area contributed by atoms with Crippen molar-refractivity contribution in [3.63, 3.8) is 0 Å². The van der Waals surface area contributed by atoms with Gasteiger partial charge in [0.25, 0.3) is 0 Å². The number of hydrogen-bond acceptors (Lipinski definition) is 6. The van der Waals surface area contributed by atoms with E-state index in [1.54, 1.807) is 6.92 Å². The third-order valence-corrected chi connectivity index (χ3v) is 3.85. The van der Waals surface area contributed by atoms with E-state index >= 15 is 0 Å². The van der Waals surface area contributed by atoms with Crippen LogP contribution in [0, 0.1) is 5.92 Å². The highest BCUT2D eigenvalue weighted by Gasteiger charge is 2.27. The molecule has 1 rings (SSSR count). The van der Waals surface area contributed by atoms with E-state index < -0.39 is 35.0 Å². The zero-order valence-electron chi connectivity index (χ0n) is 11.9. The molecule has 0 aliphatic carbocycles. The van der Waals surface area contributed by atoms with Crippen molar-refractivity contribution in [2.24, 2.45) is 11.7 Å². The molecule has 3 atom stereocenters. The van der Waals surface area contributed by atoms with Gasteiger partial charge in [0, 0.05) is 5.56 Å². The van der Waals surface area contributed by atoms with E-state index in [2.05, 4.69) is 0 Å². The van der Waals surface area contributed by atoms with Crippen molar-refractivity contribution in [1.29, 1.82) is 0 Å². The number of benzene rings is 1. The largest absolute Gasteiger partial charge is 0.504 e. The Balaban J connectivity index is 3.11. The second-order valence-electron chi connectivity index (χ2n) is 5.17. The summed E-state index contributed by atoms with van der Waals surface area (Å²) in [5.41, 5.74) is 5.76. The van der Waals surface area contributed by atoms with Crippen LogP contribution < -0.4 is 5.73 Å². The second kappa shape index (κ2) is 6.53. The Kier molecular flexibility index (Phi) is 5.26. The summed E-state index contributed by atoms with van der Waals surface area (Å²) in [7, 11) is 0. The topological polar surface area (TPSA) is 144 Å². The van der Waals surface area contributed by atoms with Gasteiger partial charge in [-0.1, -0.05) is 20.3 Å². The fourth-order valence-electron chi connectivity index (χ4n) is 2.41. The molecule has 7 nitrogen and oxygen atoms in total. The highest BCUT2D eigenvalue weighted by atomic mass is 16.4. The van der Waals surface area contributed by atoms with Crippen molar-refractivity contribution in [3.8, 4) is 23.0 Å². The van der Waals surface area contributed by atoms with Gasteiger partial charge in [-0.15, -0.1) is 0 Å². The molecule has 1 aromatic rings. The predicted molar refractivity (Wildman–Crippen MR) is 75.5 cm³/mol. The second-order valence-corrected chi connectivity index (χ2v) is 5.17. The lowest BCUT2D eigenvalue weighted by Crippen LogP contribution is -2.33. The highest BCUT2D eigenvalue weighted by Crippen LogP contribution is 2.48. The summed E-state index contributed by atoms with van der Waals surface area (Å²) in [6, 6.07) is 0.128. The SMILES string of the molecule is CCC(CC(N)C(=O)O)C(C)c1cc(O)c(O)c(O)c1O. The first-order chi connectivity index (χ1) is 9.70. The third-order valence-electron chi connectivity index (χ3n) is 3.85. The van der Waals surface area contributed by atoms with Crippen LogP contribution in [0.25, 0.3) is 0 Å². The van der Waals surface area contributed by atoms with Crippen molar-refractivity contribution in [2.45, 2.75) is 38.6 Å². The van der Waals surface area contributed by atoms with E-state index in [1.165, 1.54) is 0 Å². The fraction of sp³-hybridized carbons (Fsp3) is 0.500. The normalized spacial score (nSPS) is 15.4. The maximum Gasteiger partial charge on any atom is 0.320 e. The van der Waals surface area contributed by atoms with Crippen LogP contribution in [-0.4, -0.2) is 37.5 Å². The van der Waals surface area contributed by atoms with E-state index in [1.807, 2.05) is 6.92 Å². The summed E-state index contributed by atoms with van der Waals surface area (Å²) in [6.07, 6.45) is 0.791. The smallest absolute Gasteiger partial charge is 0.320 e. The summed E-state index contributed by atoms with van der Waals surface area (Å²) in [5, 5.41) is 47.2. The van der Waals surface area contributed by atoms with Crippen LogP contribution in [0.1, 0.15) is 38.2 Å². The zero-order valence-corrected chi connectivity index (χ0v) is 11.9. The third kappa shape index (κ3) is 3.49. The first-order valence-electron chi connectivity index (χ1n) is 6.65. The van der Waals surface area contributed by atoms with Crippen molar-refractivity contribution < 1.29 is 30.3 Å². The molecule has 1 aromatic carbocycles. The quantitative estimate of drug-likeness (QED) is 0.344. The number of aromatic hydroxyl groups is 4. The lowest BCUT2D eigenvalue weighted by atomic mass is 9.81. The van der Waals surface area contributed by atoms with Crippen LogP contribution in [-0.2, 0) is 4.79 Å². The summed E-state index contributed by atoms with van der Waals surface area (Å²) in [6.45, 7) is 3.58. The first-order valence-corrected chi connectivity index (χ1v) is 6.65. The number of nitrogens with two attached hydrogens (primary N) is 1. The van der Waals surface area contributed by atoms with Crippen LogP contribution in [0.4, 0.5) is 0 Å². The zero-order chi connectivity index (χ0) is 16.3. The van der Waals surface area contributed by atoms with Crippen LogP contribution in [0.2, 0.25) is 0 Å². The Morgan fingerprint density at radius 1 is 1.19 bits per heavy atom. The molecule has 0 heterocycles. The predicted octanol–water partition coefficient (Wildman–Crippen LogP) is 1.44. The monoisotopic (exact) mass is 299 g/mol. The highest BCUT2D eigenvalue weighted by molar-refractivity contribution is 5.73. The van der Waals surface area contributed by atoms with Gasteiger partial charge < -0.3 is 31.3 Å². The van der Waals surface area contributed by atoms with Gasteiger partial charge in [-0.25, -0.2) is 0 Å². The van der Waals surface area contributed by atoms with Gasteiger partial charge >= 0.3 is 5.97 Å². The van der Waals surface area contributed by atoms with Crippen LogP contribution >= 0.6 is 0 Å². The summed E-state index contributed by atoms with van der Waals surface area (Å²) in [5.74, 6) is -4.32. The van der Waals surface area contributed by atoms with Crippen LogP contribution in [0.3, 0.4) is 0 Å². The molecule has 7 N–H and O–H groups in total. The number of aliphatic carboxylic acids is 1. The minimum Gasteiger partial charge on any atom is -0.504 e. The molecule has 0 fully saturated rings. The van der Waals surface area contributed by atoms with E-state index in [0.29, 0.717) is 6.42 Å². The number of carboxylic acid groups (broad SMARTS) is 1. The Labute approximate surface area is 122 Å². The lowest BCUT2D eigenvalue weighted by molar-refractivity contribution is -0.139. The average molecular weight is 299 g/mol. The lowest BCUT2D eigenvalue weighted by Gasteiger charge is -2.25. The Hall–Kier alpha value is -2.15. The first kappa shape index (κ1) is 16.9. The molecule has 7 heteroatoms. The summed E-state index contributed by atoms with van der Waals surface area (Å²) in [4.78, 5) is 10.8. The average Bonchev–Trinajstić information content (AvgIpc) is 2.45. The molecule has 0 saturated heterocycles. The molecule has 0 aromatic heterocycles. The van der Waals surface area contributed by atoms with E-state index in [9.17, 15) is 25.2 Å². The molecule has 0 saturated carbocycles. The number of hydrogen-bond donors (Lipinski definition) is 6. The number of phenolic OH excluding ortho intramolecular Hbond substituents is 4. The van der Waals surface area contributed by atoms with Crippen molar-refractivity contribution in [2.75, 3.05) is 0 Å². The maximum atomic E-state index is 10.8. The minimum absolute atomic E-state index is 0.176. The molecule has 3 unspecified atom stereocenters. The number of carbonyl (C=O) groups is 1. The standard InChI is InChI=1S/C14H21NO6/c1-3-7(4-9(15)14(20)21)6(2)8-5-10(16)12(18)13(19)11(8)17/h5-7,9,16-19H,3-4,15H2,1-2H3,(H,20,21). The molecular weight excluding hydrogens is 278 g/mol. The van der Waals surface area contributed by atoms with Gasteiger partial charge in [0.15, 0.2) is 11.5 Å². The van der Waals surface area contributed by atoms with E-state index in [4.69, 9.17) is 10.8 Å². The van der Waals surface area contributed by atoms with Gasteiger partial charge in [-0.2, -0.15) is 0 Å². The Morgan fingerprint density at radius 2 is 1.76 bits per heavy atom. The van der Waals surface area contributed by atoms with Crippen molar-refractivity contribution >= 4 is 5.97 Å². The number of rotatable bonds is 6. The van der Waals surface area contributed by atoms with Crippen LogP contribution in [0.15, 0.2) is 6.07 Å². The molecular formula is C14H21NO6. The van der Waals surface area contributed by atoms with Gasteiger partial charge in [-0.3, -0.25) is 4.79 Å². The molecule has 21 heavy (non-hydrogen) atoms. The van der Waals surface area contributed by atoms with Gasteiger partial charge in [-0.05, 0) is 24.3 Å². The maximum absolute atomic E-state index is 10.8. The Morgan fingerprint density at radius 3 is 2.24 bits per heavy atom. The Bertz CT molecular complexity index is 531. The fourth-order valence-corrected chi connectivity index (χ4v) is 2.41. The molecule has 0 aliphatic rings. The summed E-state index contributed by atoms with van der Waals surface area (Å²) < 4.78 is 0. The van der Waals surface area contributed by atoms with E-state index in [-0.39, 0.29) is 23.8 Å². The minimum atomic E-state index is -1.11. The molecule has 0 aliphatic heterocycles. The molecule has 0 radical (unpaired) electrons. The molecule has 0 spiro atoms. The number of carboxylic acids is 1. The van der Waals surface area contributed by atoms with Crippen LogP contribution in [0.5, 0.6) is 23.0 Å². The number of phenols is 4. The molecule has 118 valence electrons. The van der Waals surface area contributed by atoms with Crippen molar-refractivity contribution in [3.05, 3.63) is 11.6 Å². The van der Waals surface area contributed by atoms with Gasteiger partial charge in [0.2, 0.25) is 11.5 Å². The van der Waals surface area contributed by atoms with Gasteiger partial charge in [0.1, 0.15) is 6.04 Å².